The maximum Gasteiger partial charge on any atom is 0.269 e. The molecule has 1 aliphatic carbocycles. The molecule has 1 heterocycles. The third-order valence-corrected chi connectivity index (χ3v) is 5.80. The minimum atomic E-state index is -0.440. The van der Waals surface area contributed by atoms with E-state index in [1.54, 1.807) is 48.5 Å². The Labute approximate surface area is 173 Å². The number of fused-ring (bicyclic) bond motifs is 3. The van der Waals surface area contributed by atoms with Crippen molar-refractivity contribution in [1.82, 2.24) is 4.98 Å². The molecule has 1 aliphatic rings. The van der Waals surface area contributed by atoms with E-state index in [1.165, 1.54) is 23.9 Å². The molecule has 1 aromatic heterocycles. The summed E-state index contributed by atoms with van der Waals surface area (Å²) in [6, 6.07) is 16.2. The second-order valence-electron chi connectivity index (χ2n) is 6.76. The predicted molar refractivity (Wildman–Crippen MR) is 110 cm³/mol. The molecule has 0 aliphatic heterocycles. The van der Waals surface area contributed by atoms with E-state index in [2.05, 4.69) is 4.98 Å². The van der Waals surface area contributed by atoms with Crippen LogP contribution in [0.4, 0.5) is 5.69 Å². The van der Waals surface area contributed by atoms with Gasteiger partial charge in [0.1, 0.15) is 5.52 Å². The Hall–Kier alpha value is -3.78. The lowest BCUT2D eigenvalue weighted by Gasteiger charge is -2.16. The highest BCUT2D eigenvalue weighted by atomic mass is 32.2. The highest BCUT2D eigenvalue weighted by molar-refractivity contribution is 7.98. The highest BCUT2D eigenvalue weighted by Crippen LogP contribution is 2.33. The van der Waals surface area contributed by atoms with Crippen molar-refractivity contribution in [1.29, 1.82) is 0 Å². The van der Waals surface area contributed by atoms with Crippen LogP contribution in [0.2, 0.25) is 0 Å². The van der Waals surface area contributed by atoms with E-state index in [9.17, 15) is 19.7 Å². The molecule has 0 amide bonds. The normalized spacial score (nSPS) is 12.7. The highest BCUT2D eigenvalue weighted by Gasteiger charge is 2.30. The number of carbonyl (C=O) groups is 2. The standard InChI is InChI=1S/C22H12N2O5S/c25-20-14-6-1-2-7-15(14)21(26)17-10-19-18(9-16(17)20)23-22(29-19)30-11-12-4-3-5-13(8-12)24(27)28/h1-10H,11H2. The first-order valence-corrected chi connectivity index (χ1v) is 9.99. The van der Waals surface area contributed by atoms with E-state index < -0.39 is 4.92 Å². The van der Waals surface area contributed by atoms with Crippen molar-refractivity contribution < 1.29 is 18.9 Å². The quantitative estimate of drug-likeness (QED) is 0.235. The van der Waals surface area contributed by atoms with Gasteiger partial charge in [0.15, 0.2) is 17.1 Å². The van der Waals surface area contributed by atoms with Gasteiger partial charge in [-0.15, -0.1) is 0 Å². The van der Waals surface area contributed by atoms with Crippen molar-refractivity contribution in [2.75, 3.05) is 0 Å². The molecule has 7 nitrogen and oxygen atoms in total. The number of aromatic nitrogens is 1. The first kappa shape index (κ1) is 18.3. The molecule has 0 saturated carbocycles. The molecule has 8 heteroatoms. The fourth-order valence-corrected chi connectivity index (χ4v) is 4.25. The predicted octanol–water partition coefficient (Wildman–Crippen LogP) is 4.80. The summed E-state index contributed by atoms with van der Waals surface area (Å²) in [4.78, 5) is 40.5. The Morgan fingerprint density at radius 2 is 1.60 bits per heavy atom. The molecule has 30 heavy (non-hydrogen) atoms. The molecule has 0 unspecified atom stereocenters. The van der Waals surface area contributed by atoms with Gasteiger partial charge < -0.3 is 4.42 Å². The maximum absolute atomic E-state index is 12.8. The Morgan fingerprint density at radius 1 is 0.900 bits per heavy atom. The van der Waals surface area contributed by atoms with Gasteiger partial charge >= 0.3 is 0 Å². The number of rotatable bonds is 4. The van der Waals surface area contributed by atoms with Crippen LogP contribution >= 0.6 is 11.8 Å². The minimum Gasteiger partial charge on any atom is -0.431 e. The number of nitro groups is 1. The molecular formula is C22H12N2O5S. The van der Waals surface area contributed by atoms with Gasteiger partial charge in [-0.3, -0.25) is 19.7 Å². The Bertz CT molecular complexity index is 1300. The van der Waals surface area contributed by atoms with Gasteiger partial charge in [0.2, 0.25) is 0 Å². The number of thioether (sulfide) groups is 1. The smallest absolute Gasteiger partial charge is 0.269 e. The molecule has 146 valence electrons. The van der Waals surface area contributed by atoms with E-state index in [4.69, 9.17) is 4.42 Å². The monoisotopic (exact) mass is 416 g/mol. The summed E-state index contributed by atoms with van der Waals surface area (Å²) >= 11 is 1.28. The van der Waals surface area contributed by atoms with E-state index in [1.807, 2.05) is 0 Å². The zero-order chi connectivity index (χ0) is 20.8. The molecule has 0 atom stereocenters. The van der Waals surface area contributed by atoms with Gasteiger partial charge in [-0.1, -0.05) is 48.2 Å². The summed E-state index contributed by atoms with van der Waals surface area (Å²) in [6.45, 7) is 0. The summed E-state index contributed by atoms with van der Waals surface area (Å²) in [5, 5.41) is 11.3. The topological polar surface area (TPSA) is 103 Å². The fraction of sp³-hybridized carbons (Fsp3) is 0.0455. The molecule has 4 aromatic rings. The van der Waals surface area contributed by atoms with Crippen LogP contribution in [0.3, 0.4) is 0 Å². The van der Waals surface area contributed by atoms with E-state index in [-0.39, 0.29) is 17.3 Å². The number of oxazole rings is 1. The fourth-order valence-electron chi connectivity index (χ4n) is 3.46. The van der Waals surface area contributed by atoms with Crippen LogP contribution in [0.1, 0.15) is 37.4 Å². The van der Waals surface area contributed by atoms with E-state index in [0.29, 0.717) is 44.3 Å². The number of hydrogen-bond donors (Lipinski definition) is 0. The molecule has 0 fully saturated rings. The van der Waals surface area contributed by atoms with Crippen molar-refractivity contribution in [3.8, 4) is 0 Å². The van der Waals surface area contributed by atoms with Crippen molar-refractivity contribution in [2.24, 2.45) is 0 Å². The average Bonchev–Trinajstić information content (AvgIpc) is 3.17. The second kappa shape index (κ2) is 6.93. The average molecular weight is 416 g/mol. The SMILES string of the molecule is O=C1c2ccccc2C(=O)c2cc3oc(SCc4cccc([N+](=O)[O-])c4)nc3cc21. The first-order chi connectivity index (χ1) is 14.5. The molecule has 0 radical (unpaired) electrons. The Kier molecular flexibility index (Phi) is 4.22. The van der Waals surface area contributed by atoms with Crippen LogP contribution in [0.5, 0.6) is 0 Å². The van der Waals surface area contributed by atoms with Crippen molar-refractivity contribution in [3.05, 3.63) is 98.6 Å². The van der Waals surface area contributed by atoms with Crippen LogP contribution < -0.4 is 0 Å². The first-order valence-electron chi connectivity index (χ1n) is 9.00. The number of benzene rings is 3. The van der Waals surface area contributed by atoms with Crippen LogP contribution in [-0.2, 0) is 5.75 Å². The molecule has 0 N–H and O–H groups in total. The Balaban J connectivity index is 1.47. The van der Waals surface area contributed by atoms with Crippen LogP contribution in [0.25, 0.3) is 11.1 Å². The number of non-ortho nitro benzene ring substituents is 1. The zero-order valence-corrected chi connectivity index (χ0v) is 16.1. The summed E-state index contributed by atoms with van der Waals surface area (Å²) in [6.07, 6.45) is 0. The summed E-state index contributed by atoms with van der Waals surface area (Å²) in [5.74, 6) is -0.00228. The molecule has 5 rings (SSSR count). The lowest BCUT2D eigenvalue weighted by Crippen LogP contribution is -2.20. The Morgan fingerprint density at radius 3 is 2.30 bits per heavy atom. The van der Waals surface area contributed by atoms with E-state index >= 15 is 0 Å². The minimum absolute atomic E-state index is 0.0231. The van der Waals surface area contributed by atoms with Gasteiger partial charge in [0, 0.05) is 40.1 Å². The van der Waals surface area contributed by atoms with Gasteiger partial charge in [0.25, 0.3) is 10.9 Å². The third-order valence-electron chi connectivity index (χ3n) is 4.90. The summed E-state index contributed by atoms with van der Waals surface area (Å²) < 4.78 is 5.76. The lowest BCUT2D eigenvalue weighted by molar-refractivity contribution is -0.384. The van der Waals surface area contributed by atoms with Crippen molar-refractivity contribution in [2.45, 2.75) is 11.0 Å². The summed E-state index contributed by atoms with van der Waals surface area (Å²) in [5.41, 5.74) is 3.07. The van der Waals surface area contributed by atoms with Crippen LogP contribution in [-0.4, -0.2) is 21.5 Å². The number of carbonyl (C=O) groups excluding carboxylic acids is 2. The van der Waals surface area contributed by atoms with Crippen LogP contribution in [0, 0.1) is 10.1 Å². The number of hydrogen-bond acceptors (Lipinski definition) is 7. The summed E-state index contributed by atoms with van der Waals surface area (Å²) in [7, 11) is 0. The molecule has 0 bridgehead atoms. The third kappa shape index (κ3) is 2.98. The van der Waals surface area contributed by atoms with Crippen molar-refractivity contribution >= 4 is 40.1 Å². The van der Waals surface area contributed by atoms with Gasteiger partial charge in [-0.2, -0.15) is 0 Å². The lowest BCUT2D eigenvalue weighted by atomic mass is 9.84. The number of ketones is 2. The molecular weight excluding hydrogens is 404 g/mol. The van der Waals surface area contributed by atoms with Crippen LogP contribution in [0.15, 0.2) is 70.3 Å². The molecule has 3 aromatic carbocycles. The van der Waals surface area contributed by atoms with Gasteiger partial charge in [0.05, 0.1) is 4.92 Å². The number of nitro benzene ring substituents is 1. The maximum atomic E-state index is 12.8. The molecule has 0 saturated heterocycles. The second-order valence-corrected chi connectivity index (χ2v) is 7.69. The van der Waals surface area contributed by atoms with E-state index in [0.717, 1.165) is 5.56 Å². The number of nitrogens with zero attached hydrogens (tertiary/aromatic N) is 2. The molecule has 0 spiro atoms. The van der Waals surface area contributed by atoms with Gasteiger partial charge in [-0.25, -0.2) is 4.98 Å². The van der Waals surface area contributed by atoms with Crippen molar-refractivity contribution in [3.63, 3.8) is 0 Å². The van der Waals surface area contributed by atoms with Gasteiger partial charge in [-0.05, 0) is 17.7 Å². The largest absolute Gasteiger partial charge is 0.431 e. The zero-order valence-electron chi connectivity index (χ0n) is 15.3.